The van der Waals surface area contributed by atoms with Crippen molar-refractivity contribution in [2.75, 3.05) is 13.2 Å². The lowest BCUT2D eigenvalue weighted by atomic mass is 10.1. The zero-order valence-electron chi connectivity index (χ0n) is 19.6. The topological polar surface area (TPSA) is 35.5 Å². The third-order valence-electron chi connectivity index (χ3n) is 5.36. The van der Waals surface area contributed by atoms with Gasteiger partial charge in [-0.05, 0) is 98.3 Å². The molecule has 176 valence electrons. The summed E-state index contributed by atoms with van der Waals surface area (Å²) in [5.74, 6) is 1.19. The van der Waals surface area contributed by atoms with Crippen LogP contribution in [0.15, 0.2) is 85.5 Å². The molecule has 0 fully saturated rings. The monoisotopic (exact) mass is 458 g/mol. The highest BCUT2D eigenvalue weighted by molar-refractivity contribution is 6.06. The molecule has 0 N–H and O–H groups in total. The first-order valence-corrected chi connectivity index (χ1v) is 11.6. The first-order chi connectivity index (χ1) is 16.5. The molecule has 0 aliphatic heterocycles. The summed E-state index contributed by atoms with van der Waals surface area (Å²) in [5.41, 5.74) is 3.55. The van der Waals surface area contributed by atoms with Crippen LogP contribution in [-0.4, -0.2) is 19.0 Å². The van der Waals surface area contributed by atoms with E-state index in [1.807, 2.05) is 55.5 Å². The molecule has 3 nitrogen and oxygen atoms in total. The molecule has 0 aromatic heterocycles. The summed E-state index contributed by atoms with van der Waals surface area (Å²) in [4.78, 5) is 12.1. The van der Waals surface area contributed by atoms with Gasteiger partial charge in [0.05, 0.1) is 13.2 Å². The highest BCUT2D eigenvalue weighted by Gasteiger charge is 2.02. The summed E-state index contributed by atoms with van der Waals surface area (Å²) in [6.45, 7) is 7.32. The minimum absolute atomic E-state index is 0.161. The lowest BCUT2D eigenvalue weighted by Gasteiger charge is -2.08. The van der Waals surface area contributed by atoms with Gasteiger partial charge in [-0.2, -0.15) is 0 Å². The fraction of sp³-hybridized carbons (Fsp3) is 0.233. The van der Waals surface area contributed by atoms with E-state index >= 15 is 0 Å². The van der Waals surface area contributed by atoms with Gasteiger partial charge in [0, 0.05) is 5.56 Å². The summed E-state index contributed by atoms with van der Waals surface area (Å²) < 4.78 is 24.6. The number of hydrogen-bond donors (Lipinski definition) is 0. The number of rotatable bonds is 13. The van der Waals surface area contributed by atoms with Gasteiger partial charge < -0.3 is 9.47 Å². The van der Waals surface area contributed by atoms with Crippen LogP contribution in [0.1, 0.15) is 54.1 Å². The molecule has 0 saturated heterocycles. The number of halogens is 1. The SMILES string of the molecule is C=C(C)c1ccc(OCCCCCCOc2ccc(C=CC(=O)c3ccc(F)cc3)cc2)cc1. The Morgan fingerprint density at radius 1 is 0.765 bits per heavy atom. The highest BCUT2D eigenvalue weighted by atomic mass is 19.1. The Balaban J connectivity index is 1.28. The summed E-state index contributed by atoms with van der Waals surface area (Å²) in [7, 11) is 0. The Morgan fingerprint density at radius 2 is 1.26 bits per heavy atom. The van der Waals surface area contributed by atoms with Crippen molar-refractivity contribution in [3.05, 3.63) is 108 Å². The number of benzene rings is 3. The molecule has 0 radical (unpaired) electrons. The lowest BCUT2D eigenvalue weighted by Crippen LogP contribution is -2.00. The maximum atomic E-state index is 13.0. The molecule has 0 aliphatic rings. The molecule has 4 heteroatoms. The second-order valence-electron chi connectivity index (χ2n) is 8.19. The predicted octanol–water partition coefficient (Wildman–Crippen LogP) is 7.77. The van der Waals surface area contributed by atoms with Gasteiger partial charge in [-0.1, -0.05) is 42.5 Å². The number of carbonyl (C=O) groups is 1. The Bertz CT molecular complexity index is 1080. The van der Waals surface area contributed by atoms with E-state index in [0.717, 1.165) is 53.9 Å². The third-order valence-corrected chi connectivity index (χ3v) is 5.36. The van der Waals surface area contributed by atoms with Crippen molar-refractivity contribution >= 4 is 17.4 Å². The first kappa shape index (κ1) is 25.0. The summed E-state index contributed by atoms with van der Waals surface area (Å²) in [6.07, 6.45) is 7.42. The standard InChI is InChI=1S/C30H31FO3/c1-23(2)25-12-18-29(19-13-25)34-22-6-4-3-5-21-33-28-16-7-24(8-17-28)9-20-30(32)26-10-14-27(31)15-11-26/h7-20H,1,3-6,21-22H2,2H3. The minimum Gasteiger partial charge on any atom is -0.494 e. The second kappa shape index (κ2) is 13.1. The first-order valence-electron chi connectivity index (χ1n) is 11.6. The van der Waals surface area contributed by atoms with Crippen molar-refractivity contribution < 1.29 is 18.7 Å². The predicted molar refractivity (Wildman–Crippen MR) is 137 cm³/mol. The average molecular weight is 459 g/mol. The number of hydrogen-bond acceptors (Lipinski definition) is 3. The molecule has 34 heavy (non-hydrogen) atoms. The fourth-order valence-electron chi connectivity index (χ4n) is 3.33. The third kappa shape index (κ3) is 8.36. The summed E-state index contributed by atoms with van der Waals surface area (Å²) in [5, 5.41) is 0. The Kier molecular flexibility index (Phi) is 9.65. The average Bonchev–Trinajstić information content (AvgIpc) is 2.85. The Labute approximate surface area is 201 Å². The van der Waals surface area contributed by atoms with E-state index in [2.05, 4.69) is 6.58 Å². The van der Waals surface area contributed by atoms with Gasteiger partial charge in [0.25, 0.3) is 0 Å². The van der Waals surface area contributed by atoms with E-state index in [1.165, 1.54) is 30.3 Å². The van der Waals surface area contributed by atoms with E-state index in [9.17, 15) is 9.18 Å². The van der Waals surface area contributed by atoms with Crippen LogP contribution in [0.25, 0.3) is 11.6 Å². The fourth-order valence-corrected chi connectivity index (χ4v) is 3.33. The van der Waals surface area contributed by atoms with E-state index in [1.54, 1.807) is 6.08 Å². The van der Waals surface area contributed by atoms with Crippen LogP contribution in [0.4, 0.5) is 4.39 Å². The van der Waals surface area contributed by atoms with Crippen LogP contribution in [0.2, 0.25) is 0 Å². The van der Waals surface area contributed by atoms with Gasteiger partial charge in [0.2, 0.25) is 0 Å². The van der Waals surface area contributed by atoms with Gasteiger partial charge >= 0.3 is 0 Å². The quantitative estimate of drug-likeness (QED) is 0.149. The minimum atomic E-state index is -0.356. The van der Waals surface area contributed by atoms with E-state index in [-0.39, 0.29) is 11.6 Å². The van der Waals surface area contributed by atoms with Crippen molar-refractivity contribution in [1.82, 2.24) is 0 Å². The van der Waals surface area contributed by atoms with Gasteiger partial charge in [-0.25, -0.2) is 4.39 Å². The van der Waals surface area contributed by atoms with Crippen molar-refractivity contribution in [3.8, 4) is 11.5 Å². The molecule has 0 aliphatic carbocycles. The largest absolute Gasteiger partial charge is 0.494 e. The normalized spacial score (nSPS) is 10.9. The smallest absolute Gasteiger partial charge is 0.185 e. The number of ketones is 1. The van der Waals surface area contributed by atoms with Crippen LogP contribution < -0.4 is 9.47 Å². The van der Waals surface area contributed by atoms with Gasteiger partial charge in [0.1, 0.15) is 17.3 Å². The van der Waals surface area contributed by atoms with Gasteiger partial charge in [-0.15, -0.1) is 0 Å². The lowest BCUT2D eigenvalue weighted by molar-refractivity contribution is 0.104. The highest BCUT2D eigenvalue weighted by Crippen LogP contribution is 2.18. The molecule has 0 bridgehead atoms. The molecule has 0 saturated carbocycles. The summed E-state index contributed by atoms with van der Waals surface area (Å²) >= 11 is 0. The zero-order valence-corrected chi connectivity index (χ0v) is 19.6. The molecule has 3 aromatic carbocycles. The molecule has 0 amide bonds. The second-order valence-corrected chi connectivity index (χ2v) is 8.19. The van der Waals surface area contributed by atoms with Crippen molar-refractivity contribution in [2.24, 2.45) is 0 Å². The van der Waals surface area contributed by atoms with Crippen LogP contribution in [0.3, 0.4) is 0 Å². The Morgan fingerprint density at radius 3 is 1.79 bits per heavy atom. The van der Waals surface area contributed by atoms with E-state index in [0.29, 0.717) is 18.8 Å². The molecule has 3 rings (SSSR count). The van der Waals surface area contributed by atoms with E-state index < -0.39 is 0 Å². The molecule has 0 spiro atoms. The number of ether oxygens (including phenoxy) is 2. The maximum Gasteiger partial charge on any atom is 0.185 e. The molecule has 0 heterocycles. The Hall–Kier alpha value is -3.66. The van der Waals surface area contributed by atoms with Gasteiger partial charge in [-0.3, -0.25) is 4.79 Å². The number of carbonyl (C=O) groups excluding carboxylic acids is 1. The molecule has 0 unspecified atom stereocenters. The van der Waals surface area contributed by atoms with Crippen LogP contribution in [-0.2, 0) is 0 Å². The number of unbranched alkanes of at least 4 members (excludes halogenated alkanes) is 3. The van der Waals surface area contributed by atoms with E-state index in [4.69, 9.17) is 9.47 Å². The van der Waals surface area contributed by atoms with Crippen molar-refractivity contribution in [3.63, 3.8) is 0 Å². The van der Waals surface area contributed by atoms with Gasteiger partial charge in [0.15, 0.2) is 5.78 Å². The molecular weight excluding hydrogens is 427 g/mol. The molecule has 0 atom stereocenters. The van der Waals surface area contributed by atoms with Crippen LogP contribution in [0, 0.1) is 5.82 Å². The summed E-state index contributed by atoms with van der Waals surface area (Å²) in [6, 6.07) is 21.2. The maximum absolute atomic E-state index is 13.0. The number of allylic oxidation sites excluding steroid dienone is 2. The van der Waals surface area contributed by atoms with Crippen LogP contribution in [0.5, 0.6) is 11.5 Å². The molecule has 3 aromatic rings. The van der Waals surface area contributed by atoms with Crippen LogP contribution >= 0.6 is 0 Å². The zero-order chi connectivity index (χ0) is 24.2. The molecular formula is C30H31FO3. The van der Waals surface area contributed by atoms with Crippen molar-refractivity contribution in [2.45, 2.75) is 32.6 Å². The van der Waals surface area contributed by atoms with Crippen molar-refractivity contribution in [1.29, 1.82) is 0 Å².